The van der Waals surface area contributed by atoms with Crippen LogP contribution in [0.1, 0.15) is 145 Å². The molecule has 8 rings (SSSR count). The van der Waals surface area contributed by atoms with Gasteiger partial charge in [-0.2, -0.15) is 0 Å². The van der Waals surface area contributed by atoms with Gasteiger partial charge < -0.3 is 34.1 Å². The van der Waals surface area contributed by atoms with Crippen LogP contribution in [0.25, 0.3) is 0 Å². The maximum absolute atomic E-state index is 13.7. The molecule has 0 aromatic carbocycles. The molecule has 1 saturated heterocycles. The summed E-state index contributed by atoms with van der Waals surface area (Å²) in [6.07, 6.45) is 15.2. The monoisotopic (exact) mass is 961 g/mol. The van der Waals surface area contributed by atoms with Crippen molar-refractivity contribution >= 4 is 27.7 Å². The fourth-order valence-corrected chi connectivity index (χ4v) is 18.3. The average Bonchev–Trinajstić information content (AvgIpc) is 3.88. The van der Waals surface area contributed by atoms with E-state index in [1.807, 2.05) is 13.8 Å². The van der Waals surface area contributed by atoms with E-state index in [-0.39, 0.29) is 82.6 Å². The van der Waals surface area contributed by atoms with Crippen molar-refractivity contribution in [2.24, 2.45) is 73.9 Å². The Morgan fingerprint density at radius 1 is 0.731 bits per heavy atom. The maximum atomic E-state index is 13.7. The summed E-state index contributed by atoms with van der Waals surface area (Å²) in [5.41, 5.74) is 0.206. The molecule has 13 nitrogen and oxygen atoms in total. The molecule has 7 saturated carbocycles. The number of nitrogens with zero attached hydrogens (tertiary/aromatic N) is 1. The van der Waals surface area contributed by atoms with Crippen LogP contribution in [-0.4, -0.2) is 132 Å². The van der Waals surface area contributed by atoms with Crippen LogP contribution in [0.4, 0.5) is 0 Å². The molecule has 382 valence electrons. The highest BCUT2D eigenvalue weighted by molar-refractivity contribution is 7.91. The lowest BCUT2D eigenvalue weighted by atomic mass is 9.32. The van der Waals surface area contributed by atoms with Crippen LogP contribution in [0.5, 0.6) is 0 Å². The van der Waals surface area contributed by atoms with Gasteiger partial charge in [-0.25, -0.2) is 13.2 Å². The molecule has 1 aliphatic heterocycles. The van der Waals surface area contributed by atoms with Crippen molar-refractivity contribution in [1.29, 1.82) is 0 Å². The van der Waals surface area contributed by atoms with E-state index in [9.17, 15) is 27.9 Å². The number of nitrogens with one attached hydrogen (secondary N) is 1. The number of rotatable bonds is 19. The Balaban J connectivity index is 0.946. The van der Waals surface area contributed by atoms with E-state index >= 15 is 0 Å². The second kappa shape index (κ2) is 19.0. The molecule has 8 aliphatic rings. The number of carboxylic acids is 1. The third kappa shape index (κ3) is 9.31. The molecule has 2 N–H and O–H groups in total. The average molecular weight is 961 g/mol. The predicted octanol–water partition coefficient (Wildman–Crippen LogP) is 7.58. The van der Waals surface area contributed by atoms with E-state index in [0.29, 0.717) is 74.3 Å². The van der Waals surface area contributed by atoms with Crippen molar-refractivity contribution in [3.63, 3.8) is 0 Å². The molecule has 1 unspecified atom stereocenters. The van der Waals surface area contributed by atoms with Gasteiger partial charge in [0.25, 0.3) is 0 Å². The van der Waals surface area contributed by atoms with Crippen LogP contribution in [0, 0.1) is 73.9 Å². The molecule has 7 aliphatic carbocycles. The third-order valence-electron chi connectivity index (χ3n) is 21.7. The van der Waals surface area contributed by atoms with Gasteiger partial charge in [-0.1, -0.05) is 55.4 Å². The highest BCUT2D eigenvalue weighted by Crippen LogP contribution is 2.78. The lowest BCUT2D eigenvalue weighted by Gasteiger charge is -2.73. The van der Waals surface area contributed by atoms with Crippen molar-refractivity contribution in [3.8, 4) is 0 Å². The summed E-state index contributed by atoms with van der Waals surface area (Å²) < 4.78 is 53.2. The number of ether oxygens (including phenoxy) is 5. The Bertz CT molecular complexity index is 1920. The van der Waals surface area contributed by atoms with Crippen LogP contribution < -0.4 is 5.32 Å². The molecule has 14 heteroatoms. The molecule has 67 heavy (non-hydrogen) atoms. The first kappa shape index (κ1) is 51.5. The molecular weight excluding hydrogens is 873 g/mol. The van der Waals surface area contributed by atoms with E-state index < -0.39 is 33.1 Å². The molecule has 0 bridgehead atoms. The van der Waals surface area contributed by atoms with Gasteiger partial charge in [-0.15, -0.1) is 0 Å². The Hall–Kier alpha value is -1.84. The molecular formula is C53H88N2O11S. The molecule has 13 atom stereocenters. The van der Waals surface area contributed by atoms with Gasteiger partial charge in [0.2, 0.25) is 0 Å². The van der Waals surface area contributed by atoms with E-state index in [1.165, 1.54) is 51.4 Å². The van der Waals surface area contributed by atoms with Gasteiger partial charge in [0.05, 0.1) is 49.8 Å². The number of fused-ring (bicyclic) bond motifs is 7. The van der Waals surface area contributed by atoms with Crippen LogP contribution >= 0.6 is 0 Å². The Labute approximate surface area is 402 Å². The molecule has 0 aromatic heterocycles. The number of hydrogen-bond acceptors (Lipinski definition) is 12. The number of carbonyl (C=O) groups excluding carboxylic acids is 2. The number of carboxylic acid groups (broad SMARTS) is 1. The highest BCUT2D eigenvalue weighted by Gasteiger charge is 2.72. The van der Waals surface area contributed by atoms with E-state index in [1.54, 1.807) is 7.11 Å². The third-order valence-corrected chi connectivity index (χ3v) is 23.3. The minimum atomic E-state index is -3.07. The molecule has 0 spiro atoms. The van der Waals surface area contributed by atoms with Gasteiger partial charge in [0.1, 0.15) is 19.3 Å². The van der Waals surface area contributed by atoms with Crippen molar-refractivity contribution in [2.75, 3.05) is 77.9 Å². The lowest BCUT2D eigenvalue weighted by Crippen LogP contribution is -2.69. The Morgan fingerprint density at radius 3 is 2.10 bits per heavy atom. The fraction of sp³-hybridized carbons (Fsp3) is 0.943. The summed E-state index contributed by atoms with van der Waals surface area (Å²) in [7, 11) is -1.45. The number of sulfone groups is 1. The standard InChI is InChI=1S/C53H88N2O11S/c1-47(2)38(45(57)58)32-39(47)46(59)66-42-14-16-50(6)40(48(42,3)4)13-17-52(8)41(50)11-10-37-44-36(49(5)19-20-49)12-18-53(44,22-21-51(37,52)7)54-23-15-35(55-24-30-67(60,61)31-25-55)33-65-43(56)34-64-29-28-63-27-26-62-9/h35-42,44,54H,10-34H2,1-9H3,(H,57,58)/t35?,36-,37-,38+,39-,40+,41-,42+,44-,50+,51-,52-,53+/m1/s1. The summed E-state index contributed by atoms with van der Waals surface area (Å²) in [5.74, 6) is 0.877. The quantitative estimate of drug-likeness (QED) is 0.0962. The number of carbonyl (C=O) groups is 3. The van der Waals surface area contributed by atoms with Gasteiger partial charge >= 0.3 is 17.9 Å². The van der Waals surface area contributed by atoms with Crippen molar-refractivity contribution < 1.29 is 51.6 Å². The van der Waals surface area contributed by atoms with Gasteiger partial charge in [0.15, 0.2) is 9.84 Å². The summed E-state index contributed by atoms with van der Waals surface area (Å²) >= 11 is 0. The number of methoxy groups -OCH3 is 1. The van der Waals surface area contributed by atoms with Gasteiger partial charge in [-0.05, 0) is 153 Å². The highest BCUT2D eigenvalue weighted by atomic mass is 32.2. The van der Waals surface area contributed by atoms with Crippen LogP contribution in [0.15, 0.2) is 0 Å². The summed E-state index contributed by atoms with van der Waals surface area (Å²) in [4.78, 5) is 40.7. The topological polar surface area (TPSA) is 167 Å². The summed E-state index contributed by atoms with van der Waals surface area (Å²) in [5, 5.41) is 14.0. The van der Waals surface area contributed by atoms with Crippen molar-refractivity contribution in [2.45, 2.75) is 163 Å². The zero-order valence-electron chi connectivity index (χ0n) is 42.8. The van der Waals surface area contributed by atoms with Gasteiger partial charge in [0, 0.05) is 37.2 Å². The molecule has 8 fully saturated rings. The molecule has 1 heterocycles. The van der Waals surface area contributed by atoms with E-state index in [4.69, 9.17) is 23.7 Å². The zero-order valence-corrected chi connectivity index (χ0v) is 43.6. The molecule has 0 radical (unpaired) electrons. The zero-order chi connectivity index (χ0) is 48.4. The summed E-state index contributed by atoms with van der Waals surface area (Å²) in [6, 6.07) is -0.0892. The number of aliphatic carboxylic acids is 1. The van der Waals surface area contributed by atoms with Crippen molar-refractivity contribution in [3.05, 3.63) is 0 Å². The molecule has 0 aromatic rings. The van der Waals surface area contributed by atoms with Crippen LogP contribution in [-0.2, 0) is 47.9 Å². The van der Waals surface area contributed by atoms with E-state index in [2.05, 4.69) is 51.8 Å². The first-order chi connectivity index (χ1) is 31.5. The van der Waals surface area contributed by atoms with E-state index in [0.717, 1.165) is 38.6 Å². The Kier molecular flexibility index (Phi) is 14.6. The largest absolute Gasteiger partial charge is 0.481 e. The minimum Gasteiger partial charge on any atom is -0.481 e. The minimum absolute atomic E-state index is 0.0553. The smallest absolute Gasteiger partial charge is 0.332 e. The number of esters is 2. The van der Waals surface area contributed by atoms with Gasteiger partial charge in [-0.3, -0.25) is 14.5 Å². The maximum Gasteiger partial charge on any atom is 0.332 e. The first-order valence-electron chi connectivity index (χ1n) is 26.4. The summed E-state index contributed by atoms with van der Waals surface area (Å²) in [6.45, 7) is 22.5. The Morgan fingerprint density at radius 2 is 1.43 bits per heavy atom. The number of hydrogen-bond donors (Lipinski definition) is 2. The fourth-order valence-electron chi connectivity index (χ4n) is 17.1. The predicted molar refractivity (Wildman–Crippen MR) is 256 cm³/mol. The molecule has 0 amide bonds. The van der Waals surface area contributed by atoms with Crippen LogP contribution in [0.3, 0.4) is 0 Å². The second-order valence-corrected chi connectivity index (χ2v) is 27.6. The SMILES string of the molecule is COCCOCCOCC(=O)OCC(CCN[C@]12CC[C@@H](C3(C)CC3)[C@@H]1[C@H]1CC[C@@H]3[C@@]4(C)CC[C@H](OC(=O)[C@H]5C[C@@H](C(=O)O)C5(C)C)C(C)(C)[C@@H]4CC[C@@]3(C)[C@]1(C)CC2)N1CCS(=O)(=O)CC1. The lowest BCUT2D eigenvalue weighted by molar-refractivity contribution is -0.249. The van der Waals surface area contributed by atoms with Crippen LogP contribution in [0.2, 0.25) is 0 Å². The normalized spacial score (nSPS) is 41.6. The second-order valence-electron chi connectivity index (χ2n) is 25.3. The van der Waals surface area contributed by atoms with Crippen molar-refractivity contribution in [1.82, 2.24) is 10.2 Å². The first-order valence-corrected chi connectivity index (χ1v) is 28.2.